The van der Waals surface area contributed by atoms with Crippen molar-refractivity contribution in [3.8, 4) is 5.75 Å². The molecule has 1 fully saturated rings. The average molecular weight is 491 g/mol. The highest BCUT2D eigenvalue weighted by molar-refractivity contribution is 7.99. The van der Waals surface area contributed by atoms with Gasteiger partial charge in [0.05, 0.1) is 43.0 Å². The fourth-order valence-corrected chi connectivity index (χ4v) is 5.21. The van der Waals surface area contributed by atoms with Crippen LogP contribution in [0.2, 0.25) is 0 Å². The van der Waals surface area contributed by atoms with Gasteiger partial charge in [-0.2, -0.15) is 0 Å². The first kappa shape index (κ1) is 23.2. The van der Waals surface area contributed by atoms with Gasteiger partial charge in [0.25, 0.3) is 11.8 Å². The second-order valence-corrected chi connectivity index (χ2v) is 9.26. The van der Waals surface area contributed by atoms with E-state index in [0.29, 0.717) is 61.3 Å². The second kappa shape index (κ2) is 9.97. The van der Waals surface area contributed by atoms with Crippen molar-refractivity contribution in [2.75, 3.05) is 50.2 Å². The topological polar surface area (TPSA) is 84.0 Å². The Morgan fingerprint density at radius 1 is 1.14 bits per heavy atom. The Labute approximate surface area is 208 Å². The normalized spacial score (nSPS) is 15.2. The van der Waals surface area contributed by atoms with E-state index in [1.807, 2.05) is 43.3 Å². The number of carbonyl (C=O) groups is 2. The van der Waals surface area contributed by atoms with E-state index < -0.39 is 0 Å². The summed E-state index contributed by atoms with van der Waals surface area (Å²) < 4.78 is 11.2. The molecule has 35 heavy (non-hydrogen) atoms. The van der Waals surface area contributed by atoms with Crippen LogP contribution >= 0.6 is 11.8 Å². The molecule has 1 N–H and O–H groups in total. The molecule has 2 amide bonds. The van der Waals surface area contributed by atoms with E-state index in [2.05, 4.69) is 10.3 Å². The number of aromatic nitrogens is 1. The first-order valence-electron chi connectivity index (χ1n) is 11.5. The number of morpholine rings is 1. The molecule has 1 aromatic heterocycles. The molecule has 0 atom stereocenters. The Kier molecular flexibility index (Phi) is 6.61. The van der Waals surface area contributed by atoms with E-state index in [4.69, 9.17) is 9.47 Å². The molecule has 0 saturated carbocycles. The lowest BCUT2D eigenvalue weighted by Crippen LogP contribution is -2.40. The molecule has 0 bridgehead atoms. The third kappa shape index (κ3) is 4.69. The summed E-state index contributed by atoms with van der Waals surface area (Å²) in [7, 11) is 1.76. The highest BCUT2D eigenvalue weighted by atomic mass is 32.2. The number of nitrogens with one attached hydrogen (secondary N) is 1. The zero-order valence-corrected chi connectivity index (χ0v) is 20.4. The molecule has 0 radical (unpaired) electrons. The minimum Gasteiger partial charge on any atom is -0.492 e. The monoisotopic (exact) mass is 490 g/mol. The summed E-state index contributed by atoms with van der Waals surface area (Å²) in [4.78, 5) is 35.6. The highest BCUT2D eigenvalue weighted by Crippen LogP contribution is 2.42. The molecule has 3 heterocycles. The van der Waals surface area contributed by atoms with Crippen molar-refractivity contribution >= 4 is 40.8 Å². The van der Waals surface area contributed by atoms with Gasteiger partial charge in [0.2, 0.25) is 0 Å². The molecule has 1 saturated heterocycles. The average Bonchev–Trinajstić information content (AvgIpc) is 2.99. The van der Waals surface area contributed by atoms with Crippen molar-refractivity contribution in [1.29, 1.82) is 0 Å². The number of fused-ring (bicyclic) bond motifs is 2. The van der Waals surface area contributed by atoms with E-state index in [0.717, 1.165) is 15.5 Å². The van der Waals surface area contributed by atoms with Crippen LogP contribution < -0.4 is 15.0 Å². The number of hydrogen-bond donors (Lipinski definition) is 1. The first-order chi connectivity index (χ1) is 17.0. The predicted octanol–water partition coefficient (Wildman–Crippen LogP) is 4.44. The van der Waals surface area contributed by atoms with Gasteiger partial charge >= 0.3 is 0 Å². The van der Waals surface area contributed by atoms with Crippen LogP contribution in [0, 0.1) is 0 Å². The summed E-state index contributed by atoms with van der Waals surface area (Å²) in [5.74, 6) is 1.10. The smallest absolute Gasteiger partial charge is 0.259 e. The maximum Gasteiger partial charge on any atom is 0.259 e. The van der Waals surface area contributed by atoms with Crippen molar-refractivity contribution < 1.29 is 19.1 Å². The van der Waals surface area contributed by atoms with Crippen LogP contribution in [-0.4, -0.2) is 61.7 Å². The number of carbonyl (C=O) groups excluding carboxylic acids is 2. The maximum atomic E-state index is 12.9. The van der Waals surface area contributed by atoms with Crippen LogP contribution in [0.1, 0.15) is 27.6 Å². The van der Waals surface area contributed by atoms with Crippen molar-refractivity contribution in [1.82, 2.24) is 9.88 Å². The summed E-state index contributed by atoms with van der Waals surface area (Å²) in [6, 6.07) is 14.9. The summed E-state index contributed by atoms with van der Waals surface area (Å²) >= 11 is 1.54. The Morgan fingerprint density at radius 3 is 2.74 bits per heavy atom. The van der Waals surface area contributed by atoms with Crippen molar-refractivity contribution in [3.05, 3.63) is 65.9 Å². The van der Waals surface area contributed by atoms with Crippen LogP contribution in [0.4, 0.5) is 17.2 Å². The van der Waals surface area contributed by atoms with Crippen LogP contribution in [0.5, 0.6) is 5.75 Å². The molecule has 0 spiro atoms. The number of rotatable bonds is 5. The number of anilines is 3. The highest BCUT2D eigenvalue weighted by Gasteiger charge is 2.25. The quantitative estimate of drug-likeness (QED) is 0.566. The fraction of sp³-hybridized carbons (Fsp3) is 0.269. The standard InChI is InChI=1S/C26H26N4O4S/c1-3-34-21-14-17(25(31)30-10-12-33-13-11-30)8-9-19(21)28-24-15-23-20(16-27-24)29(2)26(32)18-6-4-5-7-22(18)35-23/h4-9,14-16H,3,10-13H2,1-2H3,(H,27,28). The number of benzene rings is 2. The van der Waals surface area contributed by atoms with Gasteiger partial charge in [-0.1, -0.05) is 23.9 Å². The predicted molar refractivity (Wildman–Crippen MR) is 135 cm³/mol. The molecule has 2 aromatic carbocycles. The van der Waals surface area contributed by atoms with Crippen LogP contribution in [0.25, 0.3) is 0 Å². The van der Waals surface area contributed by atoms with Gasteiger partial charge in [0.15, 0.2) is 0 Å². The zero-order valence-electron chi connectivity index (χ0n) is 19.6. The minimum atomic E-state index is -0.0616. The Hall–Kier alpha value is -3.56. The lowest BCUT2D eigenvalue weighted by atomic mass is 10.1. The van der Waals surface area contributed by atoms with Gasteiger partial charge < -0.3 is 24.6 Å². The fourth-order valence-electron chi connectivity index (χ4n) is 4.09. The number of hydrogen-bond acceptors (Lipinski definition) is 7. The molecule has 8 nitrogen and oxygen atoms in total. The molecular formula is C26H26N4O4S. The van der Waals surface area contributed by atoms with E-state index in [1.54, 1.807) is 35.2 Å². The summed E-state index contributed by atoms with van der Waals surface area (Å²) in [5, 5.41) is 3.33. The number of ether oxygens (including phenoxy) is 2. The molecule has 5 rings (SSSR count). The lowest BCUT2D eigenvalue weighted by Gasteiger charge is -2.27. The largest absolute Gasteiger partial charge is 0.492 e. The van der Waals surface area contributed by atoms with Gasteiger partial charge in [-0.15, -0.1) is 0 Å². The van der Waals surface area contributed by atoms with Gasteiger partial charge in [0, 0.05) is 35.5 Å². The van der Waals surface area contributed by atoms with Crippen LogP contribution in [0.3, 0.4) is 0 Å². The van der Waals surface area contributed by atoms with Gasteiger partial charge in [0.1, 0.15) is 11.6 Å². The molecule has 3 aromatic rings. The van der Waals surface area contributed by atoms with Crippen LogP contribution in [-0.2, 0) is 4.74 Å². The van der Waals surface area contributed by atoms with Crippen molar-refractivity contribution in [2.45, 2.75) is 16.7 Å². The first-order valence-corrected chi connectivity index (χ1v) is 12.3. The van der Waals surface area contributed by atoms with E-state index in [9.17, 15) is 9.59 Å². The minimum absolute atomic E-state index is 0.0354. The van der Waals surface area contributed by atoms with Gasteiger partial charge in [-0.3, -0.25) is 9.59 Å². The molecule has 0 unspecified atom stereocenters. The Morgan fingerprint density at radius 2 is 1.94 bits per heavy atom. The summed E-state index contributed by atoms with van der Waals surface area (Å²) in [6.45, 7) is 4.63. The number of amides is 2. The molecule has 2 aliphatic heterocycles. The zero-order chi connectivity index (χ0) is 24.4. The van der Waals surface area contributed by atoms with Crippen LogP contribution in [0.15, 0.2) is 64.5 Å². The third-order valence-electron chi connectivity index (χ3n) is 5.94. The van der Waals surface area contributed by atoms with E-state index in [-0.39, 0.29) is 11.8 Å². The molecule has 180 valence electrons. The Balaban J connectivity index is 1.43. The lowest BCUT2D eigenvalue weighted by molar-refractivity contribution is 0.0302. The molecule has 0 aliphatic carbocycles. The number of nitrogens with zero attached hydrogens (tertiary/aromatic N) is 3. The van der Waals surface area contributed by atoms with E-state index in [1.165, 1.54) is 11.8 Å². The summed E-state index contributed by atoms with van der Waals surface area (Å²) in [6.07, 6.45) is 1.70. The molecule has 2 aliphatic rings. The van der Waals surface area contributed by atoms with Crippen molar-refractivity contribution in [3.63, 3.8) is 0 Å². The summed E-state index contributed by atoms with van der Waals surface area (Å²) in [5.41, 5.74) is 2.70. The molecular weight excluding hydrogens is 464 g/mol. The van der Waals surface area contributed by atoms with Gasteiger partial charge in [-0.05, 0) is 43.3 Å². The van der Waals surface area contributed by atoms with Gasteiger partial charge in [-0.25, -0.2) is 4.98 Å². The second-order valence-electron chi connectivity index (χ2n) is 8.17. The SMILES string of the molecule is CCOc1cc(C(=O)N2CCOCC2)ccc1Nc1cc2c(cn1)N(C)C(=O)c1ccccc1S2. The third-order valence-corrected chi connectivity index (χ3v) is 7.06. The number of pyridine rings is 1. The molecule has 9 heteroatoms. The van der Waals surface area contributed by atoms with Crippen molar-refractivity contribution in [2.24, 2.45) is 0 Å². The maximum absolute atomic E-state index is 12.9. The Bertz CT molecular complexity index is 1280. The van der Waals surface area contributed by atoms with E-state index >= 15 is 0 Å².